The minimum Gasteiger partial charge on any atom is -0.325 e. The maximum Gasteiger partial charge on any atom is 0.337 e. The summed E-state index contributed by atoms with van der Waals surface area (Å²) in [6, 6.07) is 12.7. The van der Waals surface area contributed by atoms with Crippen LogP contribution in [-0.4, -0.2) is 17.8 Å². The number of rotatable bonds is 5. The van der Waals surface area contributed by atoms with E-state index >= 15 is 0 Å². The molecule has 4 N–H and O–H groups in total. The maximum atomic E-state index is 11.8. The first-order chi connectivity index (χ1) is 12.4. The predicted octanol–water partition coefficient (Wildman–Crippen LogP) is 3.57. The van der Waals surface area contributed by atoms with E-state index < -0.39 is 11.9 Å². The van der Waals surface area contributed by atoms with E-state index in [1.54, 1.807) is 48.5 Å². The molecule has 2 aromatic carbocycles. The van der Waals surface area contributed by atoms with Crippen LogP contribution in [0.15, 0.2) is 48.5 Å². The van der Waals surface area contributed by atoms with Gasteiger partial charge in [-0.25, -0.2) is 10.2 Å². The van der Waals surface area contributed by atoms with Gasteiger partial charge in [0.25, 0.3) is 0 Å². The highest BCUT2D eigenvalue weighted by atomic mass is 35.5. The first-order valence-electron chi connectivity index (χ1n) is 7.60. The SMILES string of the molecule is O=C(CCC(=O)Nc1ccccc1Cl)NNC(=O)Nc1cccc(Cl)c1. The van der Waals surface area contributed by atoms with E-state index in [0.717, 1.165) is 0 Å². The summed E-state index contributed by atoms with van der Waals surface area (Å²) in [5.41, 5.74) is 5.34. The number of halogens is 2. The van der Waals surface area contributed by atoms with Gasteiger partial charge in [0.1, 0.15) is 0 Å². The zero-order chi connectivity index (χ0) is 18.9. The summed E-state index contributed by atoms with van der Waals surface area (Å²) in [5, 5.41) is 5.98. The monoisotopic (exact) mass is 394 g/mol. The molecular weight excluding hydrogens is 379 g/mol. The van der Waals surface area contributed by atoms with E-state index in [2.05, 4.69) is 21.5 Å². The highest BCUT2D eigenvalue weighted by Crippen LogP contribution is 2.20. The van der Waals surface area contributed by atoms with Crippen LogP contribution in [0.1, 0.15) is 12.8 Å². The number of amides is 4. The van der Waals surface area contributed by atoms with Gasteiger partial charge in [0, 0.05) is 23.6 Å². The lowest BCUT2D eigenvalue weighted by atomic mass is 10.2. The average molecular weight is 395 g/mol. The number of hydrogen-bond donors (Lipinski definition) is 4. The van der Waals surface area contributed by atoms with Crippen LogP contribution >= 0.6 is 23.2 Å². The van der Waals surface area contributed by atoms with E-state index in [1.807, 2.05) is 0 Å². The zero-order valence-electron chi connectivity index (χ0n) is 13.5. The molecule has 2 rings (SSSR count). The molecule has 9 heteroatoms. The lowest BCUT2D eigenvalue weighted by Crippen LogP contribution is -2.44. The number of carbonyl (C=O) groups excluding carboxylic acids is 3. The molecule has 0 spiro atoms. The number of nitrogens with one attached hydrogen (secondary N) is 4. The first-order valence-corrected chi connectivity index (χ1v) is 8.35. The Morgan fingerprint density at radius 1 is 0.808 bits per heavy atom. The normalized spacial score (nSPS) is 9.92. The molecule has 0 aromatic heterocycles. The van der Waals surface area contributed by atoms with Gasteiger partial charge in [-0.05, 0) is 30.3 Å². The number of para-hydroxylation sites is 1. The van der Waals surface area contributed by atoms with Gasteiger partial charge in [0.2, 0.25) is 11.8 Å². The second-order valence-electron chi connectivity index (χ2n) is 5.17. The summed E-state index contributed by atoms with van der Waals surface area (Å²) >= 11 is 11.7. The standard InChI is InChI=1S/C17H16Cl2N4O3/c18-11-4-3-5-12(10-11)20-17(26)23-22-16(25)9-8-15(24)21-14-7-2-1-6-13(14)19/h1-7,10H,8-9H2,(H,21,24)(H,22,25)(H2,20,23,26). The van der Waals surface area contributed by atoms with E-state index in [9.17, 15) is 14.4 Å². The van der Waals surface area contributed by atoms with Gasteiger partial charge in [0.15, 0.2) is 0 Å². The summed E-state index contributed by atoms with van der Waals surface area (Å²) in [7, 11) is 0. The van der Waals surface area contributed by atoms with E-state index in [1.165, 1.54) is 0 Å². The van der Waals surface area contributed by atoms with Crippen molar-refractivity contribution in [3.63, 3.8) is 0 Å². The summed E-state index contributed by atoms with van der Waals surface area (Å²) in [6.45, 7) is 0. The molecule has 0 aliphatic carbocycles. The third kappa shape index (κ3) is 6.62. The van der Waals surface area contributed by atoms with Crippen molar-refractivity contribution >= 4 is 52.4 Å². The Labute approximate surface area is 160 Å². The number of carbonyl (C=O) groups is 3. The topological polar surface area (TPSA) is 99.3 Å². The Morgan fingerprint density at radius 2 is 1.54 bits per heavy atom. The molecule has 0 bridgehead atoms. The minimum absolute atomic E-state index is 0.0609. The Hall–Kier alpha value is -2.77. The number of benzene rings is 2. The number of hydrogen-bond acceptors (Lipinski definition) is 3. The number of urea groups is 1. The quantitative estimate of drug-likeness (QED) is 0.583. The van der Waals surface area contributed by atoms with Crippen LogP contribution in [0.3, 0.4) is 0 Å². The van der Waals surface area contributed by atoms with Crippen molar-refractivity contribution in [1.29, 1.82) is 0 Å². The van der Waals surface area contributed by atoms with Gasteiger partial charge >= 0.3 is 6.03 Å². The van der Waals surface area contributed by atoms with Crippen LogP contribution in [0.4, 0.5) is 16.2 Å². The largest absolute Gasteiger partial charge is 0.337 e. The summed E-state index contributed by atoms with van der Waals surface area (Å²) in [5.74, 6) is -0.878. The van der Waals surface area contributed by atoms with Gasteiger partial charge in [-0.1, -0.05) is 41.4 Å². The Morgan fingerprint density at radius 3 is 2.27 bits per heavy atom. The molecule has 0 atom stereocenters. The zero-order valence-corrected chi connectivity index (χ0v) is 15.0. The molecule has 26 heavy (non-hydrogen) atoms. The van der Waals surface area contributed by atoms with Gasteiger partial charge in [0.05, 0.1) is 10.7 Å². The number of anilines is 2. The molecule has 4 amide bonds. The molecule has 0 unspecified atom stereocenters. The number of hydrazine groups is 1. The van der Waals surface area contributed by atoms with Crippen molar-refractivity contribution in [2.45, 2.75) is 12.8 Å². The summed E-state index contributed by atoms with van der Waals surface area (Å²) in [6.07, 6.45) is -0.164. The molecule has 0 fully saturated rings. The lowest BCUT2D eigenvalue weighted by molar-refractivity contribution is -0.124. The van der Waals surface area contributed by atoms with Crippen LogP contribution in [0.2, 0.25) is 10.0 Å². The summed E-state index contributed by atoms with van der Waals surface area (Å²) < 4.78 is 0. The van der Waals surface area contributed by atoms with Gasteiger partial charge in [-0.2, -0.15) is 0 Å². The van der Waals surface area contributed by atoms with Crippen LogP contribution in [0.25, 0.3) is 0 Å². The van der Waals surface area contributed by atoms with Crippen molar-refractivity contribution in [3.05, 3.63) is 58.6 Å². The molecule has 7 nitrogen and oxygen atoms in total. The van der Waals surface area contributed by atoms with Crippen molar-refractivity contribution in [1.82, 2.24) is 10.9 Å². The van der Waals surface area contributed by atoms with E-state index in [4.69, 9.17) is 23.2 Å². The highest BCUT2D eigenvalue weighted by Gasteiger charge is 2.10. The molecule has 0 aliphatic heterocycles. The Balaban J connectivity index is 1.69. The molecule has 0 radical (unpaired) electrons. The van der Waals surface area contributed by atoms with Crippen LogP contribution in [0, 0.1) is 0 Å². The summed E-state index contributed by atoms with van der Waals surface area (Å²) in [4.78, 5) is 35.2. The highest BCUT2D eigenvalue weighted by molar-refractivity contribution is 6.33. The van der Waals surface area contributed by atoms with Gasteiger partial charge in [-0.15, -0.1) is 0 Å². The van der Waals surface area contributed by atoms with Crippen molar-refractivity contribution in [2.24, 2.45) is 0 Å². The van der Waals surface area contributed by atoms with Crippen LogP contribution in [-0.2, 0) is 9.59 Å². The van der Waals surface area contributed by atoms with E-state index in [-0.39, 0.29) is 18.7 Å². The van der Waals surface area contributed by atoms with Crippen molar-refractivity contribution < 1.29 is 14.4 Å². The molecule has 0 aliphatic rings. The molecule has 2 aromatic rings. The first kappa shape index (κ1) is 19.6. The Bertz CT molecular complexity index is 814. The maximum absolute atomic E-state index is 11.8. The molecule has 0 saturated carbocycles. The molecule has 0 saturated heterocycles. The van der Waals surface area contributed by atoms with Gasteiger partial charge in [-0.3, -0.25) is 15.0 Å². The second-order valence-corrected chi connectivity index (χ2v) is 6.01. The second kappa shape index (κ2) is 9.65. The smallest absolute Gasteiger partial charge is 0.325 e. The third-order valence-electron chi connectivity index (χ3n) is 3.13. The van der Waals surface area contributed by atoms with Crippen LogP contribution in [0.5, 0.6) is 0 Å². The van der Waals surface area contributed by atoms with Crippen molar-refractivity contribution in [3.8, 4) is 0 Å². The molecular formula is C17H16Cl2N4O3. The molecule has 0 heterocycles. The fourth-order valence-electron chi connectivity index (χ4n) is 1.92. The lowest BCUT2D eigenvalue weighted by Gasteiger charge is -2.09. The minimum atomic E-state index is -0.638. The Kier molecular flexibility index (Phi) is 7.25. The average Bonchev–Trinajstić information content (AvgIpc) is 2.60. The van der Waals surface area contributed by atoms with Crippen LogP contribution < -0.4 is 21.5 Å². The third-order valence-corrected chi connectivity index (χ3v) is 3.69. The fourth-order valence-corrected chi connectivity index (χ4v) is 2.29. The predicted molar refractivity (Wildman–Crippen MR) is 101 cm³/mol. The van der Waals surface area contributed by atoms with Gasteiger partial charge < -0.3 is 10.6 Å². The fraction of sp³-hybridized carbons (Fsp3) is 0.118. The molecule has 136 valence electrons. The van der Waals surface area contributed by atoms with E-state index in [0.29, 0.717) is 21.4 Å². The van der Waals surface area contributed by atoms with Crippen molar-refractivity contribution in [2.75, 3.05) is 10.6 Å².